The van der Waals surface area contributed by atoms with Gasteiger partial charge in [-0.2, -0.15) is 5.10 Å². The molecule has 84 valence electrons. The molecule has 0 spiro atoms. The van der Waals surface area contributed by atoms with Crippen LogP contribution in [0.5, 0.6) is 0 Å². The highest BCUT2D eigenvalue weighted by Crippen LogP contribution is 2.24. The average Bonchev–Trinajstić information content (AvgIpc) is 2.65. The van der Waals surface area contributed by atoms with Crippen LogP contribution in [0.1, 0.15) is 19.5 Å². The summed E-state index contributed by atoms with van der Waals surface area (Å²) in [4.78, 5) is 4.07. The number of H-pyrrole nitrogens is 1. The van der Waals surface area contributed by atoms with E-state index in [2.05, 4.69) is 31.1 Å². The third-order valence-corrected chi connectivity index (χ3v) is 2.67. The molecule has 4 nitrogen and oxygen atoms in total. The van der Waals surface area contributed by atoms with Gasteiger partial charge in [0, 0.05) is 22.4 Å². The van der Waals surface area contributed by atoms with E-state index in [4.69, 9.17) is 0 Å². The largest absolute Gasteiger partial charge is 0.384 e. The third-order valence-electron chi connectivity index (χ3n) is 2.24. The number of nitrogens with zero attached hydrogens (tertiary/aromatic N) is 2. The summed E-state index contributed by atoms with van der Waals surface area (Å²) in [5.41, 5.74) is 1.44. The number of nitrogens with one attached hydrogen (secondary N) is 1. The van der Waals surface area contributed by atoms with Crippen molar-refractivity contribution in [2.75, 3.05) is 0 Å². The smallest absolute Gasteiger partial charge is 0.100 e. The first-order valence-electron chi connectivity index (χ1n) is 4.86. The van der Waals surface area contributed by atoms with Crippen LogP contribution in [-0.4, -0.2) is 20.3 Å². The first-order valence-corrected chi connectivity index (χ1v) is 5.65. The molecular formula is C11H12BrN3O. The van der Waals surface area contributed by atoms with E-state index in [9.17, 15) is 5.11 Å². The summed E-state index contributed by atoms with van der Waals surface area (Å²) in [6.07, 6.45) is 3.45. The lowest BCUT2D eigenvalue weighted by Crippen LogP contribution is -2.15. The van der Waals surface area contributed by atoms with Gasteiger partial charge in [-0.25, -0.2) is 0 Å². The maximum Gasteiger partial charge on any atom is 0.100 e. The van der Waals surface area contributed by atoms with Gasteiger partial charge in [0.05, 0.1) is 11.4 Å². The Balaban J connectivity index is 2.39. The van der Waals surface area contributed by atoms with E-state index in [1.807, 2.05) is 12.1 Å². The highest BCUT2D eigenvalue weighted by molar-refractivity contribution is 9.10. The summed E-state index contributed by atoms with van der Waals surface area (Å²) in [5, 5.41) is 16.8. The number of hydrogen-bond donors (Lipinski definition) is 2. The molecule has 0 atom stereocenters. The fourth-order valence-corrected chi connectivity index (χ4v) is 1.70. The molecule has 0 saturated carbocycles. The van der Waals surface area contributed by atoms with Crippen LogP contribution in [0.25, 0.3) is 11.3 Å². The van der Waals surface area contributed by atoms with E-state index in [1.165, 1.54) is 0 Å². The van der Waals surface area contributed by atoms with Crippen molar-refractivity contribution in [3.8, 4) is 11.3 Å². The minimum Gasteiger partial charge on any atom is -0.384 e. The van der Waals surface area contributed by atoms with Gasteiger partial charge in [-0.05, 0) is 41.9 Å². The minimum absolute atomic E-state index is 0.683. The molecule has 0 aliphatic carbocycles. The Kier molecular flexibility index (Phi) is 2.82. The van der Waals surface area contributed by atoms with Crippen molar-refractivity contribution in [2.24, 2.45) is 0 Å². The molecule has 0 amide bonds. The van der Waals surface area contributed by atoms with Crippen molar-refractivity contribution in [3.05, 3.63) is 34.7 Å². The summed E-state index contributed by atoms with van der Waals surface area (Å²) >= 11 is 3.36. The topological polar surface area (TPSA) is 61.8 Å². The van der Waals surface area contributed by atoms with Crippen LogP contribution < -0.4 is 0 Å². The summed E-state index contributed by atoms with van der Waals surface area (Å²) < 4.78 is 0.901. The fourth-order valence-electron chi connectivity index (χ4n) is 1.33. The van der Waals surface area contributed by atoms with E-state index >= 15 is 0 Å². The second-order valence-corrected chi connectivity index (χ2v) is 5.03. The molecule has 0 bridgehead atoms. The molecule has 0 unspecified atom stereocenters. The molecule has 2 heterocycles. The number of pyridine rings is 1. The van der Waals surface area contributed by atoms with E-state index < -0.39 is 5.60 Å². The Morgan fingerprint density at radius 1 is 1.31 bits per heavy atom. The number of hydrogen-bond acceptors (Lipinski definition) is 3. The molecule has 0 aliphatic heterocycles. The zero-order valence-corrected chi connectivity index (χ0v) is 10.6. The molecule has 0 saturated heterocycles. The minimum atomic E-state index is -0.912. The highest BCUT2D eigenvalue weighted by atomic mass is 79.9. The van der Waals surface area contributed by atoms with Crippen LogP contribution in [0.4, 0.5) is 0 Å². The Morgan fingerprint density at radius 2 is 2.06 bits per heavy atom. The van der Waals surface area contributed by atoms with Crippen molar-refractivity contribution in [1.82, 2.24) is 15.2 Å². The molecule has 16 heavy (non-hydrogen) atoms. The second-order valence-electron chi connectivity index (χ2n) is 4.12. The zero-order chi connectivity index (χ0) is 11.8. The molecular weight excluding hydrogens is 270 g/mol. The van der Waals surface area contributed by atoms with Crippen molar-refractivity contribution in [2.45, 2.75) is 19.4 Å². The number of aliphatic hydroxyl groups is 1. The average molecular weight is 282 g/mol. The summed E-state index contributed by atoms with van der Waals surface area (Å²) in [5.74, 6) is 0. The number of aromatic amines is 1. The predicted octanol–water partition coefficient (Wildman–Crippen LogP) is 2.46. The van der Waals surface area contributed by atoms with Crippen molar-refractivity contribution in [3.63, 3.8) is 0 Å². The van der Waals surface area contributed by atoms with E-state index in [1.54, 1.807) is 26.2 Å². The Labute approximate surface area is 102 Å². The summed E-state index contributed by atoms with van der Waals surface area (Å²) in [6.45, 7) is 3.42. The van der Waals surface area contributed by atoms with Gasteiger partial charge in [-0.1, -0.05) is 0 Å². The van der Waals surface area contributed by atoms with Crippen LogP contribution in [0.3, 0.4) is 0 Å². The van der Waals surface area contributed by atoms with Crippen LogP contribution in [0.2, 0.25) is 0 Å². The third kappa shape index (κ3) is 2.31. The summed E-state index contributed by atoms with van der Waals surface area (Å²) in [6, 6.07) is 3.75. The van der Waals surface area contributed by atoms with E-state index in [0.717, 1.165) is 15.7 Å². The molecule has 2 aromatic heterocycles. The van der Waals surface area contributed by atoms with Gasteiger partial charge in [-0.15, -0.1) is 0 Å². The molecule has 0 aromatic carbocycles. The maximum atomic E-state index is 9.81. The summed E-state index contributed by atoms with van der Waals surface area (Å²) in [7, 11) is 0. The quantitative estimate of drug-likeness (QED) is 0.889. The van der Waals surface area contributed by atoms with E-state index in [-0.39, 0.29) is 0 Å². The lowest BCUT2D eigenvalue weighted by atomic mass is 10.0. The lowest BCUT2D eigenvalue weighted by Gasteiger charge is -2.13. The molecule has 5 heteroatoms. The number of aromatic nitrogens is 3. The van der Waals surface area contributed by atoms with Crippen molar-refractivity contribution in [1.29, 1.82) is 0 Å². The van der Waals surface area contributed by atoms with Crippen LogP contribution in [0.15, 0.2) is 29.0 Å². The van der Waals surface area contributed by atoms with Crippen molar-refractivity contribution >= 4 is 15.9 Å². The molecule has 2 aromatic rings. The molecule has 2 rings (SSSR count). The predicted molar refractivity (Wildman–Crippen MR) is 64.8 cm³/mol. The Hall–Kier alpha value is -1.20. The van der Waals surface area contributed by atoms with Gasteiger partial charge >= 0.3 is 0 Å². The Bertz CT molecular complexity index is 502. The molecule has 2 N–H and O–H groups in total. The van der Waals surface area contributed by atoms with Gasteiger partial charge in [0.1, 0.15) is 5.60 Å². The Morgan fingerprint density at radius 3 is 2.62 bits per heavy atom. The maximum absolute atomic E-state index is 9.81. The number of rotatable bonds is 2. The highest BCUT2D eigenvalue weighted by Gasteiger charge is 2.19. The van der Waals surface area contributed by atoms with Gasteiger partial charge in [0.15, 0.2) is 0 Å². The number of halogens is 1. The van der Waals surface area contributed by atoms with Gasteiger partial charge in [0.2, 0.25) is 0 Å². The SMILES string of the molecule is CC(C)(O)c1cc(-c2cncc(Br)c2)n[nH]1. The normalized spacial score (nSPS) is 11.8. The monoisotopic (exact) mass is 281 g/mol. The van der Waals surface area contributed by atoms with Gasteiger partial charge < -0.3 is 5.11 Å². The molecule has 0 radical (unpaired) electrons. The standard InChI is InChI=1S/C11H12BrN3O/c1-11(2,16)10-4-9(14-15-10)7-3-8(12)6-13-5-7/h3-6,16H,1-2H3,(H,14,15). The van der Waals surface area contributed by atoms with Crippen LogP contribution in [0, 0.1) is 0 Å². The van der Waals surface area contributed by atoms with Crippen molar-refractivity contribution < 1.29 is 5.11 Å². The first kappa shape index (κ1) is 11.3. The molecule has 0 aliphatic rings. The fraction of sp³-hybridized carbons (Fsp3) is 0.273. The van der Waals surface area contributed by atoms with Gasteiger partial charge in [0.25, 0.3) is 0 Å². The molecule has 0 fully saturated rings. The second kappa shape index (κ2) is 3.99. The van der Waals surface area contributed by atoms with Crippen LogP contribution >= 0.6 is 15.9 Å². The first-order chi connectivity index (χ1) is 7.47. The zero-order valence-electron chi connectivity index (χ0n) is 9.03. The van der Waals surface area contributed by atoms with E-state index in [0.29, 0.717) is 5.69 Å². The lowest BCUT2D eigenvalue weighted by molar-refractivity contribution is 0.0738. The van der Waals surface area contributed by atoms with Gasteiger partial charge in [-0.3, -0.25) is 10.1 Å². The van der Waals surface area contributed by atoms with Crippen LogP contribution in [-0.2, 0) is 5.60 Å².